The van der Waals surface area contributed by atoms with Crippen LogP contribution in [0.5, 0.6) is 0 Å². The second kappa shape index (κ2) is 8.66. The fraction of sp³-hybridized carbons (Fsp3) is 0.312. The molecule has 2 atom stereocenters. The van der Waals surface area contributed by atoms with Crippen LogP contribution >= 0.6 is 0 Å². The fourth-order valence-corrected chi connectivity index (χ4v) is 17.5. The maximum Gasteiger partial charge on any atom is 0.0881 e. The number of hydrogen-bond acceptors (Lipinski definition) is 0. The summed E-state index contributed by atoms with van der Waals surface area (Å²) in [6.45, 7) is 17.1. The Balaban J connectivity index is 1.68. The van der Waals surface area contributed by atoms with E-state index in [9.17, 15) is 0 Å². The first-order valence-corrected chi connectivity index (χ1v) is 19.2. The van der Waals surface area contributed by atoms with Gasteiger partial charge < -0.3 is 0 Å². The van der Waals surface area contributed by atoms with Gasteiger partial charge in [-0.25, -0.2) is 0 Å². The van der Waals surface area contributed by atoms with Gasteiger partial charge in [0.15, 0.2) is 0 Å². The van der Waals surface area contributed by atoms with E-state index in [0.29, 0.717) is 11.1 Å². The second-order valence-corrected chi connectivity index (χ2v) is 21.1. The first-order valence-electron chi connectivity index (χ1n) is 12.9. The predicted octanol–water partition coefficient (Wildman–Crippen LogP) is 9.37. The smallest absolute Gasteiger partial charge is 0.0881 e. The Kier molecular flexibility index (Phi) is 5.94. The van der Waals surface area contributed by atoms with E-state index in [2.05, 4.69) is 125 Å². The summed E-state index contributed by atoms with van der Waals surface area (Å²) in [5.41, 5.74) is 10.9. The van der Waals surface area contributed by atoms with Gasteiger partial charge >= 0.3 is 0 Å². The topological polar surface area (TPSA) is 0 Å². The van der Waals surface area contributed by atoms with Crippen LogP contribution in [0.3, 0.4) is 0 Å². The van der Waals surface area contributed by atoms with Crippen LogP contribution < -0.4 is 0 Å². The zero-order chi connectivity index (χ0) is 24.1. The van der Waals surface area contributed by atoms with E-state index in [1.807, 2.05) is 0 Å². The highest BCUT2D eigenvalue weighted by molar-refractivity contribution is 6.91. The minimum Gasteiger partial charge on any atom is -0.103 e. The van der Waals surface area contributed by atoms with Crippen LogP contribution in [0.2, 0.25) is 31.7 Å². The van der Waals surface area contributed by atoms with Crippen LogP contribution in [0.4, 0.5) is 0 Å². The summed E-state index contributed by atoms with van der Waals surface area (Å²) in [7, 11) is -3.61. The van der Waals surface area contributed by atoms with Crippen molar-refractivity contribution in [2.75, 3.05) is 0 Å². The van der Waals surface area contributed by atoms with Gasteiger partial charge in [-0.2, -0.15) is 0 Å². The van der Waals surface area contributed by atoms with E-state index in [4.69, 9.17) is 0 Å². The van der Waals surface area contributed by atoms with Crippen molar-refractivity contribution in [3.05, 3.63) is 113 Å². The van der Waals surface area contributed by atoms with E-state index >= 15 is 0 Å². The molecule has 0 fully saturated rings. The first-order chi connectivity index (χ1) is 16.3. The molecule has 3 aromatic carbocycles. The summed E-state index contributed by atoms with van der Waals surface area (Å²) < 4.78 is 0. The summed E-state index contributed by atoms with van der Waals surface area (Å²) in [5.74, 6) is 0. The highest BCUT2D eigenvalue weighted by atomic mass is 28.3. The quantitative estimate of drug-likeness (QED) is 0.234. The van der Waals surface area contributed by atoms with Crippen molar-refractivity contribution in [3.63, 3.8) is 0 Å². The lowest BCUT2D eigenvalue weighted by atomic mass is 10.1. The standard InChI is InChI=1S/C32H38Si2/c1-7-15-24(8-2)33(3,4)32-25-17-10-9-16-23(25)22-30(32)34(5,6)31-28-20-13-11-18-26(28)27-19-12-14-21-29(27)31/h7,9-14,16-22,24,31-32H,1,8,15H2,2-6H3. The third-order valence-electron chi connectivity index (χ3n) is 8.97. The van der Waals surface area contributed by atoms with Gasteiger partial charge in [0.25, 0.3) is 0 Å². The largest absolute Gasteiger partial charge is 0.103 e. The molecule has 2 aliphatic rings. The van der Waals surface area contributed by atoms with E-state index in [0.717, 1.165) is 12.0 Å². The van der Waals surface area contributed by atoms with Gasteiger partial charge in [-0.05, 0) is 50.9 Å². The van der Waals surface area contributed by atoms with Gasteiger partial charge in [-0.1, -0.05) is 130 Å². The molecule has 2 heteroatoms. The molecule has 0 N–H and O–H groups in total. The second-order valence-electron chi connectivity index (χ2n) is 11.4. The number of fused-ring (bicyclic) bond motifs is 4. The van der Waals surface area contributed by atoms with Gasteiger partial charge in [0.1, 0.15) is 0 Å². The molecule has 0 saturated heterocycles. The molecule has 2 aliphatic carbocycles. The molecule has 3 aromatic rings. The van der Waals surface area contributed by atoms with E-state index in [-0.39, 0.29) is 0 Å². The van der Waals surface area contributed by atoms with Crippen LogP contribution in [-0.4, -0.2) is 16.1 Å². The van der Waals surface area contributed by atoms with Crippen LogP contribution in [-0.2, 0) is 0 Å². The maximum atomic E-state index is 4.13. The molecule has 0 spiro atoms. The number of allylic oxidation sites excluding steroid dienone is 2. The Morgan fingerprint density at radius 1 is 0.765 bits per heavy atom. The Labute approximate surface area is 208 Å². The Hall–Kier alpha value is -2.43. The first kappa shape index (κ1) is 23.3. The van der Waals surface area contributed by atoms with Crippen molar-refractivity contribution in [2.24, 2.45) is 0 Å². The molecular formula is C32H38Si2. The molecular weight excluding hydrogens is 441 g/mol. The Morgan fingerprint density at radius 3 is 1.85 bits per heavy atom. The fourth-order valence-electron chi connectivity index (χ4n) is 7.22. The molecule has 0 bridgehead atoms. The molecule has 5 rings (SSSR count). The van der Waals surface area contributed by atoms with E-state index in [1.165, 1.54) is 23.1 Å². The molecule has 0 saturated carbocycles. The van der Waals surface area contributed by atoms with Gasteiger partial charge in [0.05, 0.1) is 16.1 Å². The Morgan fingerprint density at radius 2 is 1.29 bits per heavy atom. The summed E-state index contributed by atoms with van der Waals surface area (Å²) in [4.78, 5) is 0. The summed E-state index contributed by atoms with van der Waals surface area (Å²) in [6.07, 6.45) is 7.18. The van der Waals surface area contributed by atoms with Crippen molar-refractivity contribution >= 4 is 22.2 Å². The zero-order valence-electron chi connectivity index (χ0n) is 21.4. The van der Waals surface area contributed by atoms with Crippen LogP contribution in [0.15, 0.2) is 90.6 Å². The highest BCUT2D eigenvalue weighted by Gasteiger charge is 2.51. The lowest BCUT2D eigenvalue weighted by molar-refractivity contribution is 0.759. The molecule has 0 nitrogen and oxygen atoms in total. The van der Waals surface area contributed by atoms with Crippen LogP contribution in [0.1, 0.15) is 53.1 Å². The van der Waals surface area contributed by atoms with Crippen molar-refractivity contribution in [1.29, 1.82) is 0 Å². The van der Waals surface area contributed by atoms with Crippen molar-refractivity contribution in [2.45, 2.75) is 62.6 Å². The molecule has 0 aromatic heterocycles. The highest BCUT2D eigenvalue weighted by Crippen LogP contribution is 2.57. The van der Waals surface area contributed by atoms with Crippen LogP contribution in [0.25, 0.3) is 17.2 Å². The molecule has 0 radical (unpaired) electrons. The summed E-state index contributed by atoms with van der Waals surface area (Å²) in [5, 5.41) is 1.78. The van der Waals surface area contributed by atoms with Crippen molar-refractivity contribution in [1.82, 2.24) is 0 Å². The lowest BCUT2D eigenvalue weighted by Gasteiger charge is -2.44. The van der Waals surface area contributed by atoms with E-state index in [1.54, 1.807) is 21.9 Å². The van der Waals surface area contributed by atoms with Gasteiger partial charge in [0, 0.05) is 5.54 Å². The minimum absolute atomic E-state index is 0.507. The SMILES string of the molecule is C=CCC(CC)[Si](C)(C)C1C([Si](C)(C)C2c3ccccc3-c3ccccc32)=Cc2ccccc21. The molecule has 34 heavy (non-hydrogen) atoms. The third-order valence-corrected chi connectivity index (χ3v) is 18.1. The predicted molar refractivity (Wildman–Crippen MR) is 155 cm³/mol. The zero-order valence-corrected chi connectivity index (χ0v) is 23.4. The number of hydrogen-bond donors (Lipinski definition) is 0. The van der Waals surface area contributed by atoms with Gasteiger partial charge in [-0.15, -0.1) is 6.58 Å². The van der Waals surface area contributed by atoms with Crippen LogP contribution in [0, 0.1) is 0 Å². The normalized spacial score (nSPS) is 18.1. The monoisotopic (exact) mass is 478 g/mol. The maximum absolute atomic E-state index is 4.13. The van der Waals surface area contributed by atoms with E-state index < -0.39 is 16.1 Å². The molecule has 2 unspecified atom stereocenters. The summed E-state index contributed by atoms with van der Waals surface area (Å²) in [6, 6.07) is 27.6. The molecule has 0 aliphatic heterocycles. The molecule has 0 amide bonds. The lowest BCUT2D eigenvalue weighted by Crippen LogP contribution is -2.47. The van der Waals surface area contributed by atoms with Crippen molar-refractivity contribution in [3.8, 4) is 11.1 Å². The average Bonchev–Trinajstić information content (AvgIpc) is 3.40. The number of rotatable bonds is 7. The molecule has 174 valence electrons. The average molecular weight is 479 g/mol. The molecule has 0 heterocycles. The summed E-state index contributed by atoms with van der Waals surface area (Å²) >= 11 is 0. The minimum atomic E-state index is -1.92. The Bertz CT molecular complexity index is 1220. The van der Waals surface area contributed by atoms with Gasteiger partial charge in [-0.3, -0.25) is 0 Å². The van der Waals surface area contributed by atoms with Crippen molar-refractivity contribution < 1.29 is 0 Å². The van der Waals surface area contributed by atoms with Gasteiger partial charge in [0.2, 0.25) is 0 Å². The third kappa shape index (κ3) is 3.46. The number of benzene rings is 3.